The molecule has 0 amide bonds. The molecular weight excluding hydrogens is 266 g/mol. The van der Waals surface area contributed by atoms with Crippen LogP contribution in [0.2, 0.25) is 5.02 Å². The summed E-state index contributed by atoms with van der Waals surface area (Å²) in [5.74, 6) is 1.36. The smallest absolute Gasteiger partial charge is 0.231 e. The minimum absolute atomic E-state index is 0.00780. The van der Waals surface area contributed by atoms with E-state index in [1.54, 1.807) is 24.7 Å². The van der Waals surface area contributed by atoms with Crippen molar-refractivity contribution >= 4 is 17.3 Å². The van der Waals surface area contributed by atoms with E-state index in [4.69, 9.17) is 21.1 Å². The van der Waals surface area contributed by atoms with Crippen LogP contribution in [0.1, 0.15) is 18.7 Å². The highest BCUT2D eigenvalue weighted by molar-refractivity contribution is 6.33. The summed E-state index contributed by atoms with van der Waals surface area (Å²) in [7, 11) is 0. The number of nitrogens with zero attached hydrogens (tertiary/aromatic N) is 2. The van der Waals surface area contributed by atoms with Gasteiger partial charge in [-0.05, 0) is 6.92 Å². The number of hydrogen-bond acceptors (Lipinski definition) is 5. The lowest BCUT2D eigenvalue weighted by molar-refractivity contribution is 0.174. The van der Waals surface area contributed by atoms with Gasteiger partial charge in [0.05, 0.1) is 28.6 Å². The highest BCUT2D eigenvalue weighted by Crippen LogP contribution is 2.40. The van der Waals surface area contributed by atoms with Gasteiger partial charge in [-0.2, -0.15) is 0 Å². The predicted octanol–water partition coefficient (Wildman–Crippen LogP) is 3.03. The van der Waals surface area contributed by atoms with Crippen molar-refractivity contribution in [2.75, 3.05) is 12.1 Å². The lowest BCUT2D eigenvalue weighted by Gasteiger charge is -2.15. The third-order valence-electron chi connectivity index (χ3n) is 2.86. The summed E-state index contributed by atoms with van der Waals surface area (Å²) in [4.78, 5) is 8.30. The van der Waals surface area contributed by atoms with E-state index in [9.17, 15) is 0 Å². The number of fused-ring (bicyclic) bond motifs is 1. The molecule has 0 bridgehead atoms. The van der Waals surface area contributed by atoms with E-state index >= 15 is 0 Å². The monoisotopic (exact) mass is 277 g/mol. The second-order valence-electron chi connectivity index (χ2n) is 4.18. The van der Waals surface area contributed by atoms with Crippen LogP contribution in [0.15, 0.2) is 30.7 Å². The molecule has 0 saturated heterocycles. The van der Waals surface area contributed by atoms with Gasteiger partial charge in [-0.25, -0.2) is 0 Å². The molecule has 1 aromatic heterocycles. The summed E-state index contributed by atoms with van der Waals surface area (Å²) in [5.41, 5.74) is 1.63. The van der Waals surface area contributed by atoms with E-state index in [2.05, 4.69) is 15.3 Å². The van der Waals surface area contributed by atoms with Crippen molar-refractivity contribution in [3.05, 3.63) is 41.4 Å². The fourth-order valence-corrected chi connectivity index (χ4v) is 2.08. The number of nitrogens with one attached hydrogen (secondary N) is 1. The fourth-order valence-electron chi connectivity index (χ4n) is 1.87. The van der Waals surface area contributed by atoms with Gasteiger partial charge in [0.25, 0.3) is 0 Å². The first-order valence-electron chi connectivity index (χ1n) is 5.85. The van der Waals surface area contributed by atoms with Crippen LogP contribution < -0.4 is 14.8 Å². The first-order valence-corrected chi connectivity index (χ1v) is 6.23. The second-order valence-corrected chi connectivity index (χ2v) is 4.59. The van der Waals surface area contributed by atoms with Gasteiger partial charge in [0.15, 0.2) is 11.5 Å². The number of rotatable bonds is 3. The number of ether oxygens (including phenoxy) is 2. The summed E-state index contributed by atoms with van der Waals surface area (Å²) < 4.78 is 10.6. The van der Waals surface area contributed by atoms with Crippen molar-refractivity contribution in [1.82, 2.24) is 9.97 Å². The van der Waals surface area contributed by atoms with Crippen LogP contribution in [0.4, 0.5) is 5.69 Å². The van der Waals surface area contributed by atoms with Gasteiger partial charge in [-0.15, -0.1) is 0 Å². The third-order valence-corrected chi connectivity index (χ3v) is 3.17. The molecule has 0 fully saturated rings. The van der Waals surface area contributed by atoms with Crippen molar-refractivity contribution in [2.45, 2.75) is 13.0 Å². The van der Waals surface area contributed by atoms with Crippen LogP contribution in [0.5, 0.6) is 11.5 Å². The lowest BCUT2D eigenvalue weighted by Crippen LogP contribution is -2.09. The maximum Gasteiger partial charge on any atom is 0.231 e. The Bertz CT molecular complexity index is 592. The maximum absolute atomic E-state index is 6.21. The average Bonchev–Trinajstić information content (AvgIpc) is 2.87. The maximum atomic E-state index is 6.21. The van der Waals surface area contributed by atoms with Crippen molar-refractivity contribution in [3.63, 3.8) is 0 Å². The molecule has 6 heteroatoms. The predicted molar refractivity (Wildman–Crippen MR) is 71.6 cm³/mol. The molecule has 1 atom stereocenters. The summed E-state index contributed by atoms with van der Waals surface area (Å²) in [6.45, 7) is 2.22. The van der Waals surface area contributed by atoms with Crippen LogP contribution >= 0.6 is 11.6 Å². The normalized spacial score (nSPS) is 14.2. The highest BCUT2D eigenvalue weighted by atomic mass is 35.5. The number of hydrogen-bond donors (Lipinski definition) is 1. The average molecular weight is 278 g/mol. The first-order chi connectivity index (χ1) is 9.24. The van der Waals surface area contributed by atoms with Crippen LogP contribution in [0, 0.1) is 0 Å². The Balaban J connectivity index is 1.84. The van der Waals surface area contributed by atoms with E-state index in [-0.39, 0.29) is 12.8 Å². The Hall–Kier alpha value is -2.01. The molecule has 1 aliphatic heterocycles. The van der Waals surface area contributed by atoms with Gasteiger partial charge >= 0.3 is 0 Å². The van der Waals surface area contributed by atoms with Gasteiger partial charge in [-0.1, -0.05) is 11.6 Å². The summed E-state index contributed by atoms with van der Waals surface area (Å²) in [5, 5.41) is 3.87. The Morgan fingerprint density at radius 1 is 1.26 bits per heavy atom. The molecule has 0 spiro atoms. The third kappa shape index (κ3) is 2.42. The van der Waals surface area contributed by atoms with Gasteiger partial charge in [-0.3, -0.25) is 9.97 Å². The molecule has 1 N–H and O–H groups in total. The Morgan fingerprint density at radius 2 is 2.05 bits per heavy atom. The minimum Gasteiger partial charge on any atom is -0.454 e. The second kappa shape index (κ2) is 4.93. The molecule has 0 aliphatic carbocycles. The number of halogens is 1. The number of anilines is 1. The molecular formula is C13H12ClN3O2. The van der Waals surface area contributed by atoms with Gasteiger partial charge in [0, 0.05) is 24.5 Å². The van der Waals surface area contributed by atoms with Crippen LogP contribution in [-0.4, -0.2) is 16.8 Å². The van der Waals surface area contributed by atoms with E-state index < -0.39 is 0 Å². The molecule has 1 aliphatic rings. The molecule has 2 aromatic rings. The molecule has 5 nitrogen and oxygen atoms in total. The first kappa shape index (κ1) is 12.0. The summed E-state index contributed by atoms with van der Waals surface area (Å²) in [6, 6.07) is 3.57. The Labute approximate surface area is 115 Å². The van der Waals surface area contributed by atoms with Crippen molar-refractivity contribution in [2.24, 2.45) is 0 Å². The van der Waals surface area contributed by atoms with E-state index in [1.807, 2.05) is 13.0 Å². The zero-order valence-electron chi connectivity index (χ0n) is 10.3. The molecule has 2 heterocycles. The molecule has 19 heavy (non-hydrogen) atoms. The molecule has 98 valence electrons. The molecule has 0 radical (unpaired) electrons. The van der Waals surface area contributed by atoms with E-state index in [0.717, 1.165) is 11.4 Å². The quantitative estimate of drug-likeness (QED) is 0.934. The van der Waals surface area contributed by atoms with Crippen molar-refractivity contribution in [1.29, 1.82) is 0 Å². The zero-order chi connectivity index (χ0) is 13.2. The lowest BCUT2D eigenvalue weighted by atomic mass is 10.2. The van der Waals surface area contributed by atoms with E-state index in [1.165, 1.54) is 0 Å². The number of benzene rings is 1. The standard InChI is InChI=1S/C13H12ClN3O2/c1-8(11-6-15-2-3-16-11)17-10-5-13-12(4-9(10)14)18-7-19-13/h2-6,8,17H,7H2,1H3. The minimum atomic E-state index is -0.00780. The molecule has 3 rings (SSSR count). The highest BCUT2D eigenvalue weighted by Gasteiger charge is 2.18. The fraction of sp³-hybridized carbons (Fsp3) is 0.231. The summed E-state index contributed by atoms with van der Waals surface area (Å²) >= 11 is 6.21. The van der Waals surface area contributed by atoms with E-state index in [0.29, 0.717) is 16.5 Å². The number of aromatic nitrogens is 2. The van der Waals surface area contributed by atoms with Crippen LogP contribution in [0.3, 0.4) is 0 Å². The van der Waals surface area contributed by atoms with Gasteiger partial charge in [0.2, 0.25) is 6.79 Å². The Morgan fingerprint density at radius 3 is 2.79 bits per heavy atom. The SMILES string of the molecule is CC(Nc1cc2c(cc1Cl)OCO2)c1cnccn1. The Kier molecular flexibility index (Phi) is 3.13. The largest absolute Gasteiger partial charge is 0.454 e. The molecule has 0 saturated carbocycles. The topological polar surface area (TPSA) is 56.3 Å². The van der Waals surface area contributed by atoms with Gasteiger partial charge in [0.1, 0.15) is 0 Å². The molecule has 1 aromatic carbocycles. The van der Waals surface area contributed by atoms with Gasteiger partial charge < -0.3 is 14.8 Å². The zero-order valence-corrected chi connectivity index (χ0v) is 11.0. The van der Waals surface area contributed by atoms with Crippen molar-refractivity contribution in [3.8, 4) is 11.5 Å². The van der Waals surface area contributed by atoms with Crippen molar-refractivity contribution < 1.29 is 9.47 Å². The molecule has 1 unspecified atom stereocenters. The summed E-state index contributed by atoms with van der Waals surface area (Å²) in [6.07, 6.45) is 5.02. The van der Waals surface area contributed by atoms with Crippen LogP contribution in [0.25, 0.3) is 0 Å². The van der Waals surface area contributed by atoms with Crippen LogP contribution in [-0.2, 0) is 0 Å².